The third-order valence-electron chi connectivity index (χ3n) is 4.50. The normalized spacial score (nSPS) is 11.9. The fourth-order valence-electron chi connectivity index (χ4n) is 3.14. The van der Waals surface area contributed by atoms with Crippen LogP contribution >= 0.6 is 27.3 Å². The first-order valence-corrected chi connectivity index (χ1v) is 12.2. The minimum Gasteiger partial charge on any atom is -0.311 e. The number of nitrogens with one attached hydrogen (secondary N) is 1. The number of halogens is 1. The zero-order valence-corrected chi connectivity index (χ0v) is 18.7. The van der Waals surface area contributed by atoms with Gasteiger partial charge in [-0.3, -0.25) is 0 Å². The van der Waals surface area contributed by atoms with Crippen molar-refractivity contribution < 1.29 is 8.42 Å². The Morgan fingerprint density at radius 2 is 1.86 bits per heavy atom. The SMILES string of the molecule is O=S(=O)(NCCn1c(CCc2ccccc2)nc2cccnc21)c1ccc(Br)s1. The van der Waals surface area contributed by atoms with E-state index in [1.165, 1.54) is 16.9 Å². The van der Waals surface area contributed by atoms with Crippen LogP contribution in [0.2, 0.25) is 0 Å². The molecule has 6 nitrogen and oxygen atoms in total. The molecule has 0 amide bonds. The summed E-state index contributed by atoms with van der Waals surface area (Å²) in [5.74, 6) is 0.903. The highest BCUT2D eigenvalue weighted by molar-refractivity contribution is 9.11. The lowest BCUT2D eigenvalue weighted by atomic mass is 10.1. The maximum atomic E-state index is 12.5. The van der Waals surface area contributed by atoms with Gasteiger partial charge in [-0.05, 0) is 52.2 Å². The standard InChI is InChI=1S/C20H19BrN4O2S2/c21-17-9-11-19(28-17)29(26,27)23-13-14-25-18(10-8-15-5-2-1-3-6-15)24-16-7-4-12-22-20(16)25/h1-7,9,11-12,23H,8,10,13-14H2. The zero-order chi connectivity index (χ0) is 20.3. The van der Waals surface area contributed by atoms with Gasteiger partial charge in [0.25, 0.3) is 0 Å². The van der Waals surface area contributed by atoms with Crippen molar-refractivity contribution in [2.24, 2.45) is 0 Å². The van der Waals surface area contributed by atoms with E-state index in [9.17, 15) is 8.42 Å². The van der Waals surface area contributed by atoms with Gasteiger partial charge in [0, 0.05) is 25.7 Å². The molecule has 0 bridgehead atoms. The molecular weight excluding hydrogens is 472 g/mol. The first kappa shape index (κ1) is 20.2. The molecule has 0 spiro atoms. The monoisotopic (exact) mass is 490 g/mol. The fourth-order valence-corrected chi connectivity index (χ4v) is 6.21. The maximum Gasteiger partial charge on any atom is 0.250 e. The number of benzene rings is 1. The topological polar surface area (TPSA) is 76.9 Å². The van der Waals surface area contributed by atoms with Crippen LogP contribution < -0.4 is 4.72 Å². The summed E-state index contributed by atoms with van der Waals surface area (Å²) in [6.45, 7) is 0.724. The van der Waals surface area contributed by atoms with Crippen LogP contribution in [0.5, 0.6) is 0 Å². The van der Waals surface area contributed by atoms with Gasteiger partial charge in [0.1, 0.15) is 15.6 Å². The summed E-state index contributed by atoms with van der Waals surface area (Å²) in [6.07, 6.45) is 3.35. The quantitative estimate of drug-likeness (QED) is 0.404. The molecule has 0 aliphatic rings. The predicted molar refractivity (Wildman–Crippen MR) is 119 cm³/mol. The van der Waals surface area contributed by atoms with Crippen LogP contribution in [0.1, 0.15) is 11.4 Å². The highest BCUT2D eigenvalue weighted by Crippen LogP contribution is 2.25. The van der Waals surface area contributed by atoms with Gasteiger partial charge in [0.15, 0.2) is 5.65 Å². The van der Waals surface area contributed by atoms with Gasteiger partial charge in [-0.2, -0.15) is 0 Å². The van der Waals surface area contributed by atoms with E-state index in [1.54, 1.807) is 18.3 Å². The molecule has 0 atom stereocenters. The van der Waals surface area contributed by atoms with Crippen molar-refractivity contribution in [1.82, 2.24) is 19.3 Å². The number of imidazole rings is 1. The Morgan fingerprint density at radius 1 is 1.03 bits per heavy atom. The fraction of sp³-hybridized carbons (Fsp3) is 0.200. The average Bonchev–Trinajstić information content (AvgIpc) is 3.31. The van der Waals surface area contributed by atoms with Gasteiger partial charge in [-0.1, -0.05) is 30.3 Å². The van der Waals surface area contributed by atoms with Gasteiger partial charge in [-0.15, -0.1) is 11.3 Å². The van der Waals surface area contributed by atoms with Crippen LogP contribution in [0, 0.1) is 0 Å². The van der Waals surface area contributed by atoms with Crippen LogP contribution in [-0.2, 0) is 29.4 Å². The lowest BCUT2D eigenvalue weighted by Gasteiger charge is -2.10. The van der Waals surface area contributed by atoms with Gasteiger partial charge in [0.05, 0.1) is 3.79 Å². The van der Waals surface area contributed by atoms with Crippen molar-refractivity contribution in [1.29, 1.82) is 0 Å². The van der Waals surface area contributed by atoms with Gasteiger partial charge < -0.3 is 4.57 Å². The Kier molecular flexibility index (Phi) is 6.09. The molecule has 3 aromatic heterocycles. The number of aromatic nitrogens is 3. The predicted octanol–water partition coefficient (Wildman–Crippen LogP) is 4.02. The van der Waals surface area contributed by atoms with E-state index < -0.39 is 10.0 Å². The van der Waals surface area contributed by atoms with Gasteiger partial charge >= 0.3 is 0 Å². The molecule has 0 unspecified atom stereocenters. The lowest BCUT2D eigenvalue weighted by molar-refractivity contribution is 0.572. The van der Waals surface area contributed by atoms with Gasteiger partial charge in [-0.25, -0.2) is 23.1 Å². The minimum absolute atomic E-state index is 0.262. The number of thiophene rings is 1. The molecule has 0 aliphatic heterocycles. The Bertz CT molecular complexity index is 1220. The zero-order valence-electron chi connectivity index (χ0n) is 15.5. The number of fused-ring (bicyclic) bond motifs is 1. The number of nitrogens with zero attached hydrogens (tertiary/aromatic N) is 3. The molecular formula is C20H19BrN4O2S2. The molecule has 9 heteroatoms. The number of sulfonamides is 1. The number of hydrogen-bond donors (Lipinski definition) is 1. The Hall–Kier alpha value is -2.07. The number of aryl methyl sites for hydroxylation is 2. The summed E-state index contributed by atoms with van der Waals surface area (Å²) >= 11 is 4.49. The Labute approximate surface area is 181 Å². The van der Waals surface area contributed by atoms with E-state index in [1.807, 2.05) is 34.9 Å². The summed E-state index contributed by atoms with van der Waals surface area (Å²) in [5.41, 5.74) is 2.83. The summed E-state index contributed by atoms with van der Waals surface area (Å²) in [4.78, 5) is 9.18. The molecule has 0 saturated carbocycles. The molecule has 0 saturated heterocycles. The largest absolute Gasteiger partial charge is 0.311 e. The molecule has 4 aromatic rings. The van der Waals surface area contributed by atoms with E-state index >= 15 is 0 Å². The second-order valence-electron chi connectivity index (χ2n) is 6.47. The van der Waals surface area contributed by atoms with Crippen LogP contribution in [-0.4, -0.2) is 29.5 Å². The Morgan fingerprint density at radius 3 is 2.62 bits per heavy atom. The number of hydrogen-bond acceptors (Lipinski definition) is 5. The Balaban J connectivity index is 1.51. The molecule has 3 heterocycles. The molecule has 0 radical (unpaired) electrons. The van der Waals surface area contributed by atoms with E-state index in [0.29, 0.717) is 10.8 Å². The minimum atomic E-state index is -3.53. The molecule has 150 valence electrons. The van der Waals surface area contributed by atoms with Crippen LogP contribution in [0.25, 0.3) is 11.2 Å². The molecule has 0 aliphatic carbocycles. The lowest BCUT2D eigenvalue weighted by Crippen LogP contribution is -2.27. The second-order valence-corrected chi connectivity index (χ2v) is 10.9. The van der Waals surface area contributed by atoms with Crippen molar-refractivity contribution in [3.63, 3.8) is 0 Å². The smallest absolute Gasteiger partial charge is 0.250 e. The van der Waals surface area contributed by atoms with Crippen LogP contribution in [0.3, 0.4) is 0 Å². The highest BCUT2D eigenvalue weighted by atomic mass is 79.9. The number of pyridine rings is 1. The van der Waals surface area contributed by atoms with E-state index in [4.69, 9.17) is 4.98 Å². The van der Waals surface area contributed by atoms with Crippen molar-refractivity contribution >= 4 is 48.5 Å². The third kappa shape index (κ3) is 4.75. The summed E-state index contributed by atoms with van der Waals surface area (Å²) < 4.78 is 30.7. The second kappa shape index (κ2) is 8.74. The first-order valence-electron chi connectivity index (χ1n) is 9.12. The summed E-state index contributed by atoms with van der Waals surface area (Å²) in [7, 11) is -3.53. The molecule has 4 rings (SSSR count). The van der Waals surface area contributed by atoms with Crippen molar-refractivity contribution in [3.8, 4) is 0 Å². The van der Waals surface area contributed by atoms with Crippen molar-refractivity contribution in [2.45, 2.75) is 23.6 Å². The summed E-state index contributed by atoms with van der Waals surface area (Å²) in [6, 6.07) is 17.4. The van der Waals surface area contributed by atoms with Crippen LogP contribution in [0.15, 0.2) is 68.8 Å². The number of rotatable bonds is 8. The van der Waals surface area contributed by atoms with Crippen molar-refractivity contribution in [2.75, 3.05) is 6.54 Å². The summed E-state index contributed by atoms with van der Waals surface area (Å²) in [5, 5.41) is 0. The van der Waals surface area contributed by atoms with E-state index in [-0.39, 0.29) is 6.54 Å². The van der Waals surface area contributed by atoms with Gasteiger partial charge in [0.2, 0.25) is 10.0 Å². The highest BCUT2D eigenvalue weighted by Gasteiger charge is 2.17. The van der Waals surface area contributed by atoms with E-state index in [2.05, 4.69) is 37.8 Å². The van der Waals surface area contributed by atoms with Crippen molar-refractivity contribution in [3.05, 3.63) is 76.0 Å². The van der Waals surface area contributed by atoms with Crippen LogP contribution in [0.4, 0.5) is 0 Å². The van der Waals surface area contributed by atoms with E-state index in [0.717, 1.165) is 33.6 Å². The molecule has 0 fully saturated rings. The first-order chi connectivity index (χ1) is 14.0. The third-order valence-corrected chi connectivity index (χ3v) is 8.08. The molecule has 1 N–H and O–H groups in total. The average molecular weight is 491 g/mol. The maximum absolute atomic E-state index is 12.5. The molecule has 1 aromatic carbocycles. The molecule has 29 heavy (non-hydrogen) atoms.